The van der Waals surface area contributed by atoms with E-state index in [2.05, 4.69) is 21.0 Å². The van der Waals surface area contributed by atoms with Crippen molar-refractivity contribution in [3.05, 3.63) is 34.6 Å². The second kappa shape index (κ2) is 3.90. The van der Waals surface area contributed by atoms with Crippen LogP contribution in [0.3, 0.4) is 0 Å². The van der Waals surface area contributed by atoms with Gasteiger partial charge in [-0.25, -0.2) is 0 Å². The van der Waals surface area contributed by atoms with Crippen LogP contribution in [0.25, 0.3) is 5.69 Å². The maximum absolute atomic E-state index is 10.6. The fraction of sp³-hybridized carbons (Fsp3) is 0. The van der Waals surface area contributed by atoms with Gasteiger partial charge in [-0.05, 0) is 16.5 Å². The summed E-state index contributed by atoms with van der Waals surface area (Å²) in [5, 5.41) is 21.1. The fourth-order valence-electron chi connectivity index (χ4n) is 1.22. The molecule has 0 amide bonds. The molecule has 9 heteroatoms. The Morgan fingerprint density at radius 3 is 2.88 bits per heavy atom. The second-order valence-corrected chi connectivity index (χ2v) is 2.86. The molecule has 0 saturated heterocycles. The van der Waals surface area contributed by atoms with Gasteiger partial charge >= 0.3 is 0 Å². The molecule has 0 aliphatic carbocycles. The van der Waals surface area contributed by atoms with Crippen LogP contribution in [0.4, 0.5) is 11.4 Å². The lowest BCUT2D eigenvalue weighted by molar-refractivity contribution is -0.384. The van der Waals surface area contributed by atoms with E-state index in [4.69, 9.17) is 5.84 Å². The average Bonchev–Trinajstić information content (AvgIpc) is 2.81. The van der Waals surface area contributed by atoms with Crippen molar-refractivity contribution in [2.75, 3.05) is 5.43 Å². The summed E-state index contributed by atoms with van der Waals surface area (Å²) in [6.07, 6.45) is 1.32. The highest BCUT2D eigenvalue weighted by atomic mass is 16.6. The van der Waals surface area contributed by atoms with Crippen LogP contribution in [0, 0.1) is 10.1 Å². The molecule has 1 aromatic carbocycles. The van der Waals surface area contributed by atoms with Crippen molar-refractivity contribution in [1.29, 1.82) is 0 Å². The molecule has 3 N–H and O–H groups in total. The van der Waals surface area contributed by atoms with Crippen LogP contribution in [-0.4, -0.2) is 25.1 Å². The highest BCUT2D eigenvalue weighted by Crippen LogP contribution is 2.23. The number of anilines is 1. The van der Waals surface area contributed by atoms with Crippen molar-refractivity contribution in [3.63, 3.8) is 0 Å². The average molecular weight is 221 g/mol. The number of non-ortho nitro benzene ring substituents is 1. The van der Waals surface area contributed by atoms with E-state index in [0.717, 1.165) is 0 Å². The van der Waals surface area contributed by atoms with Crippen LogP contribution in [-0.2, 0) is 0 Å². The minimum absolute atomic E-state index is 0.0653. The number of nitro benzene ring substituents is 1. The van der Waals surface area contributed by atoms with Gasteiger partial charge in [0.15, 0.2) is 0 Å². The molecule has 0 unspecified atom stereocenters. The number of aromatic nitrogens is 4. The van der Waals surface area contributed by atoms with Crippen molar-refractivity contribution in [1.82, 2.24) is 20.2 Å². The van der Waals surface area contributed by atoms with E-state index in [9.17, 15) is 10.1 Å². The molecule has 82 valence electrons. The van der Waals surface area contributed by atoms with Crippen LogP contribution in [0.15, 0.2) is 24.5 Å². The molecular formula is C7H7N7O2. The maximum Gasteiger partial charge on any atom is 0.271 e. The third kappa shape index (κ3) is 1.66. The molecule has 0 aliphatic heterocycles. The fourth-order valence-corrected chi connectivity index (χ4v) is 1.22. The summed E-state index contributed by atoms with van der Waals surface area (Å²) < 4.78 is 1.28. The zero-order valence-electron chi connectivity index (χ0n) is 7.94. The van der Waals surface area contributed by atoms with Gasteiger partial charge in [-0.15, -0.1) is 5.10 Å². The van der Waals surface area contributed by atoms with Gasteiger partial charge in [0.05, 0.1) is 16.3 Å². The van der Waals surface area contributed by atoms with E-state index in [0.29, 0.717) is 11.4 Å². The van der Waals surface area contributed by atoms with Crippen molar-refractivity contribution in [2.45, 2.75) is 0 Å². The van der Waals surface area contributed by atoms with Gasteiger partial charge < -0.3 is 5.43 Å². The molecule has 0 atom stereocenters. The van der Waals surface area contributed by atoms with Gasteiger partial charge in [-0.2, -0.15) is 4.68 Å². The number of hydrogen-bond donors (Lipinski definition) is 2. The molecule has 9 nitrogen and oxygen atoms in total. The number of rotatable bonds is 3. The maximum atomic E-state index is 10.6. The smallest absolute Gasteiger partial charge is 0.271 e. The highest BCUT2D eigenvalue weighted by molar-refractivity contribution is 5.63. The summed E-state index contributed by atoms with van der Waals surface area (Å²) in [4.78, 5) is 10.1. The Morgan fingerprint density at radius 2 is 2.31 bits per heavy atom. The number of hydrogen-bond acceptors (Lipinski definition) is 7. The van der Waals surface area contributed by atoms with Crippen molar-refractivity contribution in [2.24, 2.45) is 5.84 Å². The van der Waals surface area contributed by atoms with Crippen LogP contribution in [0.5, 0.6) is 0 Å². The van der Waals surface area contributed by atoms with E-state index < -0.39 is 4.92 Å². The Labute approximate surface area is 89.0 Å². The number of nitrogen functional groups attached to an aromatic ring is 1. The monoisotopic (exact) mass is 221 g/mol. The van der Waals surface area contributed by atoms with Crippen LogP contribution < -0.4 is 11.3 Å². The number of nitrogens with zero attached hydrogens (tertiary/aromatic N) is 5. The first-order valence-electron chi connectivity index (χ1n) is 4.21. The minimum atomic E-state index is -0.506. The number of nitro groups is 1. The number of nitrogens with one attached hydrogen (secondary N) is 1. The third-order valence-electron chi connectivity index (χ3n) is 1.94. The summed E-state index contributed by atoms with van der Waals surface area (Å²) in [7, 11) is 0. The topological polar surface area (TPSA) is 125 Å². The Balaban J connectivity index is 2.56. The molecule has 1 aromatic heterocycles. The Morgan fingerprint density at radius 1 is 1.50 bits per heavy atom. The van der Waals surface area contributed by atoms with Crippen molar-refractivity contribution < 1.29 is 4.92 Å². The Bertz CT molecular complexity index is 509. The highest BCUT2D eigenvalue weighted by Gasteiger charge is 2.12. The summed E-state index contributed by atoms with van der Waals surface area (Å²) in [6.45, 7) is 0. The van der Waals surface area contributed by atoms with Gasteiger partial charge in [-0.1, -0.05) is 0 Å². The molecule has 0 spiro atoms. The lowest BCUT2D eigenvalue weighted by atomic mass is 10.2. The zero-order valence-corrected chi connectivity index (χ0v) is 7.94. The number of tetrazole rings is 1. The molecule has 0 radical (unpaired) electrons. The standard InChI is InChI=1S/C7H7N7O2/c8-10-6-2-1-5(14(15)16)3-7(6)13-4-9-11-12-13/h1-4,10H,8H2. The van der Waals surface area contributed by atoms with Crippen molar-refractivity contribution >= 4 is 11.4 Å². The minimum Gasteiger partial charge on any atom is -0.322 e. The summed E-state index contributed by atoms with van der Waals surface area (Å²) in [5.74, 6) is 5.28. The zero-order chi connectivity index (χ0) is 11.5. The molecule has 0 saturated carbocycles. The first-order valence-corrected chi connectivity index (χ1v) is 4.21. The van der Waals surface area contributed by atoms with Gasteiger partial charge in [0.1, 0.15) is 6.33 Å². The third-order valence-corrected chi connectivity index (χ3v) is 1.94. The van der Waals surface area contributed by atoms with Gasteiger partial charge in [-0.3, -0.25) is 16.0 Å². The van der Waals surface area contributed by atoms with E-state index in [1.807, 2.05) is 0 Å². The van der Waals surface area contributed by atoms with Crippen molar-refractivity contribution in [3.8, 4) is 5.69 Å². The van der Waals surface area contributed by atoms with Gasteiger partial charge in [0, 0.05) is 12.1 Å². The van der Waals surface area contributed by atoms with Crippen LogP contribution >= 0.6 is 0 Å². The number of benzene rings is 1. The Hall–Kier alpha value is -2.55. The molecule has 0 bridgehead atoms. The normalized spacial score (nSPS) is 10.1. The van der Waals surface area contributed by atoms with E-state index in [-0.39, 0.29) is 5.69 Å². The number of nitrogens with two attached hydrogens (primary N) is 1. The molecule has 0 fully saturated rings. The van der Waals surface area contributed by atoms with Crippen LogP contribution in [0.1, 0.15) is 0 Å². The largest absolute Gasteiger partial charge is 0.322 e. The van der Waals surface area contributed by atoms with Crippen LogP contribution in [0.2, 0.25) is 0 Å². The predicted octanol–water partition coefficient (Wildman–Crippen LogP) is -0.144. The lowest BCUT2D eigenvalue weighted by Crippen LogP contribution is -2.11. The molecule has 0 aliphatic rings. The van der Waals surface area contributed by atoms with E-state index in [1.165, 1.54) is 29.2 Å². The number of hydrazine groups is 1. The first kappa shape index (κ1) is 9.98. The van der Waals surface area contributed by atoms with E-state index >= 15 is 0 Å². The molecule has 1 heterocycles. The summed E-state index contributed by atoms with van der Waals surface area (Å²) in [5.41, 5.74) is 3.23. The second-order valence-electron chi connectivity index (χ2n) is 2.86. The quantitative estimate of drug-likeness (QED) is 0.419. The van der Waals surface area contributed by atoms with E-state index in [1.54, 1.807) is 0 Å². The summed E-state index contributed by atoms with van der Waals surface area (Å²) in [6, 6.07) is 4.14. The molecule has 2 rings (SSSR count). The molecule has 16 heavy (non-hydrogen) atoms. The predicted molar refractivity (Wildman–Crippen MR) is 53.6 cm³/mol. The summed E-state index contributed by atoms with van der Waals surface area (Å²) >= 11 is 0. The molecule has 2 aromatic rings. The Kier molecular flexibility index (Phi) is 2.44. The SMILES string of the molecule is NNc1ccc([N+](=O)[O-])cc1-n1cnnn1. The first-order chi connectivity index (χ1) is 7.72. The lowest BCUT2D eigenvalue weighted by Gasteiger charge is -2.06. The van der Waals surface area contributed by atoms with Gasteiger partial charge in [0.25, 0.3) is 5.69 Å². The van der Waals surface area contributed by atoms with Gasteiger partial charge in [0.2, 0.25) is 0 Å². The molecular weight excluding hydrogens is 214 g/mol.